The van der Waals surface area contributed by atoms with Crippen molar-refractivity contribution in [3.63, 3.8) is 0 Å². The zero-order valence-electron chi connectivity index (χ0n) is 12.7. The van der Waals surface area contributed by atoms with Gasteiger partial charge in [0.25, 0.3) is 0 Å². The van der Waals surface area contributed by atoms with Gasteiger partial charge in [0.2, 0.25) is 5.91 Å². The van der Waals surface area contributed by atoms with Gasteiger partial charge in [0.05, 0.1) is 11.8 Å². The Morgan fingerprint density at radius 1 is 1.13 bits per heavy atom. The zero-order valence-corrected chi connectivity index (χ0v) is 14.3. The van der Waals surface area contributed by atoms with Crippen LogP contribution in [0.25, 0.3) is 0 Å². The van der Waals surface area contributed by atoms with Crippen molar-refractivity contribution in [2.24, 2.45) is 11.8 Å². The van der Waals surface area contributed by atoms with E-state index in [2.05, 4.69) is 26.8 Å². The molecule has 2 atom stereocenters. The first-order chi connectivity index (χ1) is 10.8. The summed E-state index contributed by atoms with van der Waals surface area (Å²) >= 11 is 3.07. The Morgan fingerprint density at radius 2 is 1.74 bits per heavy atom. The fourth-order valence-electron chi connectivity index (χ4n) is 2.54. The Hall–Kier alpha value is -2.09. The fourth-order valence-corrected chi connectivity index (χ4v) is 2.84. The number of halogens is 1. The molecule has 1 aromatic heterocycles. The number of furan rings is 1. The highest BCUT2D eigenvalue weighted by molar-refractivity contribution is 9.10. The largest absolute Gasteiger partial charge is 0.481 e. The van der Waals surface area contributed by atoms with Gasteiger partial charge in [-0.25, -0.2) is 0 Å². The van der Waals surface area contributed by atoms with Gasteiger partial charge in [0, 0.05) is 0 Å². The molecule has 0 aromatic carbocycles. The smallest absolute Gasteiger partial charge is 0.307 e. The van der Waals surface area contributed by atoms with Crippen LogP contribution in [0.2, 0.25) is 0 Å². The zero-order chi connectivity index (χ0) is 17.1. The van der Waals surface area contributed by atoms with Gasteiger partial charge in [-0.15, -0.1) is 0 Å². The van der Waals surface area contributed by atoms with Crippen LogP contribution in [0, 0.1) is 11.8 Å². The van der Waals surface area contributed by atoms with Gasteiger partial charge in [-0.05, 0) is 54.8 Å². The van der Waals surface area contributed by atoms with Gasteiger partial charge in [0.15, 0.2) is 10.4 Å². The molecule has 1 aliphatic rings. The maximum Gasteiger partial charge on any atom is 0.307 e. The minimum Gasteiger partial charge on any atom is -0.481 e. The lowest BCUT2D eigenvalue weighted by Crippen LogP contribution is -2.48. The van der Waals surface area contributed by atoms with Crippen molar-refractivity contribution < 1.29 is 23.9 Å². The molecule has 124 valence electrons. The Labute approximate surface area is 141 Å². The molecule has 0 saturated heterocycles. The summed E-state index contributed by atoms with van der Waals surface area (Å²) in [7, 11) is 0. The van der Waals surface area contributed by atoms with Crippen molar-refractivity contribution in [2.75, 3.05) is 0 Å². The highest BCUT2D eigenvalue weighted by atomic mass is 79.9. The number of hydrogen-bond acceptors (Lipinski definition) is 4. The van der Waals surface area contributed by atoms with E-state index in [4.69, 9.17) is 4.42 Å². The summed E-state index contributed by atoms with van der Waals surface area (Å²) in [6, 6.07) is 3.00. The van der Waals surface area contributed by atoms with E-state index in [0.29, 0.717) is 17.5 Å². The van der Waals surface area contributed by atoms with Crippen LogP contribution in [0.15, 0.2) is 32.4 Å². The van der Waals surface area contributed by atoms with Crippen LogP contribution in [0.4, 0.5) is 0 Å². The summed E-state index contributed by atoms with van der Waals surface area (Å²) in [4.78, 5) is 35.4. The molecular formula is C15H17BrN2O5. The molecular weight excluding hydrogens is 368 g/mol. The first-order valence-corrected chi connectivity index (χ1v) is 7.82. The lowest BCUT2D eigenvalue weighted by molar-refractivity contribution is -0.147. The number of carboxylic acid groups (broad SMARTS) is 1. The first kappa shape index (κ1) is 17.3. The number of allylic oxidation sites excluding steroid dienone is 2. The topological polar surface area (TPSA) is 109 Å². The van der Waals surface area contributed by atoms with Crippen LogP contribution in [-0.2, 0) is 9.59 Å². The van der Waals surface area contributed by atoms with E-state index in [1.54, 1.807) is 6.07 Å². The molecule has 0 aliphatic heterocycles. The number of rotatable bonds is 3. The molecule has 1 aromatic rings. The molecule has 0 spiro atoms. The summed E-state index contributed by atoms with van der Waals surface area (Å²) in [6.07, 6.45) is 0.690. The van der Waals surface area contributed by atoms with E-state index in [9.17, 15) is 19.5 Å². The van der Waals surface area contributed by atoms with Gasteiger partial charge in [-0.3, -0.25) is 25.2 Å². The average molecular weight is 385 g/mol. The summed E-state index contributed by atoms with van der Waals surface area (Å²) < 4.78 is 5.46. The number of carboxylic acids is 1. The number of amides is 2. The maximum absolute atomic E-state index is 12.3. The Morgan fingerprint density at radius 3 is 2.26 bits per heavy atom. The molecule has 1 aliphatic carbocycles. The highest BCUT2D eigenvalue weighted by Crippen LogP contribution is 2.34. The van der Waals surface area contributed by atoms with Crippen LogP contribution >= 0.6 is 15.9 Å². The van der Waals surface area contributed by atoms with Crippen LogP contribution in [-0.4, -0.2) is 22.9 Å². The van der Waals surface area contributed by atoms with Crippen molar-refractivity contribution in [3.05, 3.63) is 33.7 Å². The average Bonchev–Trinajstić information content (AvgIpc) is 2.93. The molecule has 0 radical (unpaired) electrons. The Kier molecular flexibility index (Phi) is 5.25. The Bertz CT molecular complexity index is 679. The number of hydrazine groups is 1. The number of carbonyl (C=O) groups is 3. The molecule has 3 N–H and O–H groups in total. The van der Waals surface area contributed by atoms with E-state index >= 15 is 0 Å². The van der Waals surface area contributed by atoms with Crippen molar-refractivity contribution in [1.82, 2.24) is 10.9 Å². The third kappa shape index (κ3) is 4.01. The number of hydrogen-bond donors (Lipinski definition) is 3. The second-order valence-electron chi connectivity index (χ2n) is 5.57. The van der Waals surface area contributed by atoms with Crippen molar-refractivity contribution in [3.8, 4) is 0 Å². The maximum atomic E-state index is 12.3. The normalized spacial score (nSPS) is 21.0. The lowest BCUT2D eigenvalue weighted by atomic mass is 9.76. The highest BCUT2D eigenvalue weighted by Gasteiger charge is 2.37. The number of carbonyl (C=O) groups excluding carboxylic acids is 2. The van der Waals surface area contributed by atoms with E-state index in [0.717, 1.165) is 11.1 Å². The molecule has 0 bridgehead atoms. The predicted octanol–water partition coefficient (Wildman–Crippen LogP) is 2.25. The molecule has 1 heterocycles. The molecule has 23 heavy (non-hydrogen) atoms. The first-order valence-electron chi connectivity index (χ1n) is 7.03. The summed E-state index contributed by atoms with van der Waals surface area (Å²) in [6.45, 7) is 3.75. The minimum absolute atomic E-state index is 0.0301. The standard InChI is InChI=1S/C15H17BrN2O5/c1-7-5-9(10(15(21)22)6-8(7)2)13(19)17-18-14(20)11-3-4-12(16)23-11/h3-4,9-10H,5-6H2,1-2H3,(H,17,19)(H,18,20)(H,21,22). The van der Waals surface area contributed by atoms with Crippen LogP contribution in [0.5, 0.6) is 0 Å². The van der Waals surface area contributed by atoms with Crippen molar-refractivity contribution in [1.29, 1.82) is 0 Å². The van der Waals surface area contributed by atoms with Gasteiger partial charge in [0.1, 0.15) is 0 Å². The number of nitrogens with one attached hydrogen (secondary N) is 2. The minimum atomic E-state index is -1.02. The van der Waals surface area contributed by atoms with E-state index in [-0.39, 0.29) is 5.76 Å². The van der Waals surface area contributed by atoms with Crippen LogP contribution < -0.4 is 10.9 Å². The quantitative estimate of drug-likeness (QED) is 0.546. The molecule has 2 unspecified atom stereocenters. The molecule has 8 heteroatoms. The lowest BCUT2D eigenvalue weighted by Gasteiger charge is -2.29. The van der Waals surface area contributed by atoms with Gasteiger partial charge < -0.3 is 9.52 Å². The van der Waals surface area contributed by atoms with Gasteiger partial charge >= 0.3 is 11.9 Å². The summed E-state index contributed by atoms with van der Waals surface area (Å²) in [5.41, 5.74) is 6.51. The second-order valence-corrected chi connectivity index (χ2v) is 6.35. The fraction of sp³-hybridized carbons (Fsp3) is 0.400. The monoisotopic (exact) mass is 384 g/mol. The predicted molar refractivity (Wildman–Crippen MR) is 84.2 cm³/mol. The molecule has 2 rings (SSSR count). The van der Waals surface area contributed by atoms with E-state index in [1.165, 1.54) is 6.07 Å². The summed E-state index contributed by atoms with van der Waals surface area (Å²) in [5, 5.41) is 9.31. The van der Waals surface area contributed by atoms with E-state index in [1.807, 2.05) is 13.8 Å². The third-order valence-electron chi connectivity index (χ3n) is 4.02. The van der Waals surface area contributed by atoms with Crippen LogP contribution in [0.3, 0.4) is 0 Å². The number of aliphatic carboxylic acids is 1. The van der Waals surface area contributed by atoms with Gasteiger partial charge in [-0.2, -0.15) is 0 Å². The van der Waals surface area contributed by atoms with Crippen molar-refractivity contribution >= 4 is 33.7 Å². The molecule has 0 saturated carbocycles. The molecule has 7 nitrogen and oxygen atoms in total. The Balaban J connectivity index is 2.01. The third-order valence-corrected chi connectivity index (χ3v) is 4.44. The summed E-state index contributed by atoms with van der Waals surface area (Å²) in [5.74, 6) is -3.65. The SMILES string of the molecule is CC1=C(C)CC(C(=O)NNC(=O)c2ccc(Br)o2)C(C(=O)O)C1. The van der Waals surface area contributed by atoms with Crippen LogP contribution in [0.1, 0.15) is 37.2 Å². The van der Waals surface area contributed by atoms with Crippen molar-refractivity contribution in [2.45, 2.75) is 26.7 Å². The second kappa shape index (κ2) is 6.99. The molecule has 2 amide bonds. The molecule has 0 fully saturated rings. The van der Waals surface area contributed by atoms with Gasteiger partial charge in [-0.1, -0.05) is 11.1 Å². The van der Waals surface area contributed by atoms with E-state index < -0.39 is 29.6 Å².